The lowest BCUT2D eigenvalue weighted by molar-refractivity contribution is 0.186. The largest absolute Gasteiger partial charge is 0.397 e. The van der Waals surface area contributed by atoms with Crippen LogP contribution in [0, 0.1) is 0 Å². The van der Waals surface area contributed by atoms with E-state index < -0.39 is 0 Å². The molecule has 0 aliphatic heterocycles. The number of azo groups is 1. The van der Waals surface area contributed by atoms with Crippen molar-refractivity contribution >= 4 is 22.9 Å². The number of nitrogens with one attached hydrogen (secondary N) is 1. The lowest BCUT2D eigenvalue weighted by atomic mass is 10.1. The number of aromatic nitrogens is 2. The molecule has 0 aliphatic carbocycles. The van der Waals surface area contributed by atoms with Crippen LogP contribution in [-0.4, -0.2) is 17.3 Å². The fourth-order valence-corrected chi connectivity index (χ4v) is 1.47. The summed E-state index contributed by atoms with van der Waals surface area (Å²) < 4.78 is 5.08. The molecular formula is C11H14N6O. The summed E-state index contributed by atoms with van der Waals surface area (Å²) >= 11 is 0. The number of aromatic amines is 1. The van der Waals surface area contributed by atoms with Crippen molar-refractivity contribution in [3.63, 3.8) is 0 Å². The Hall–Kier alpha value is -2.41. The number of benzene rings is 1. The van der Waals surface area contributed by atoms with Crippen molar-refractivity contribution < 1.29 is 4.74 Å². The minimum Gasteiger partial charge on any atom is -0.397 e. The summed E-state index contributed by atoms with van der Waals surface area (Å²) in [6.07, 6.45) is 1.60. The van der Waals surface area contributed by atoms with Crippen molar-refractivity contribution in [3.05, 3.63) is 30.0 Å². The summed E-state index contributed by atoms with van der Waals surface area (Å²) in [6.45, 7) is 0.328. The van der Waals surface area contributed by atoms with Crippen LogP contribution >= 0.6 is 0 Å². The standard InChI is InChI=1S/C11H14N6O/c1-18-6-7-9(3-2-8(12)11(7)13)15-17-10-4-5-14-16-10/h2-5H,6,12-13H2,1H3,(H,14,16). The highest BCUT2D eigenvalue weighted by Crippen LogP contribution is 2.31. The number of H-pyrrole nitrogens is 1. The molecule has 0 atom stereocenters. The normalized spacial score (nSPS) is 11.2. The number of nitrogens with zero attached hydrogens (tertiary/aromatic N) is 3. The fraction of sp³-hybridized carbons (Fsp3) is 0.182. The zero-order valence-corrected chi connectivity index (χ0v) is 9.92. The summed E-state index contributed by atoms with van der Waals surface area (Å²) in [5.41, 5.74) is 14.0. The number of methoxy groups -OCH3 is 1. The van der Waals surface area contributed by atoms with Crippen molar-refractivity contribution in [2.24, 2.45) is 10.2 Å². The Labute approximate surface area is 104 Å². The first-order valence-corrected chi connectivity index (χ1v) is 5.29. The average molecular weight is 246 g/mol. The molecule has 1 aromatic carbocycles. The molecule has 7 heteroatoms. The summed E-state index contributed by atoms with van der Waals surface area (Å²) in [4.78, 5) is 0. The van der Waals surface area contributed by atoms with Gasteiger partial charge in [-0.1, -0.05) is 0 Å². The minimum absolute atomic E-state index is 0.328. The average Bonchev–Trinajstić information content (AvgIpc) is 2.87. The van der Waals surface area contributed by atoms with Gasteiger partial charge in [0, 0.05) is 18.7 Å². The van der Waals surface area contributed by atoms with E-state index in [9.17, 15) is 0 Å². The zero-order chi connectivity index (χ0) is 13.0. The van der Waals surface area contributed by atoms with E-state index in [1.807, 2.05) is 0 Å². The highest BCUT2D eigenvalue weighted by molar-refractivity contribution is 5.73. The number of anilines is 2. The van der Waals surface area contributed by atoms with E-state index in [2.05, 4.69) is 20.4 Å². The maximum Gasteiger partial charge on any atom is 0.170 e. The molecule has 1 heterocycles. The van der Waals surface area contributed by atoms with E-state index in [1.165, 1.54) is 0 Å². The first-order valence-electron chi connectivity index (χ1n) is 5.29. The quantitative estimate of drug-likeness (QED) is 0.566. The number of nitrogen functional groups attached to an aromatic ring is 2. The van der Waals surface area contributed by atoms with Crippen LogP contribution in [0.3, 0.4) is 0 Å². The molecule has 0 unspecified atom stereocenters. The number of hydrogen-bond donors (Lipinski definition) is 3. The Morgan fingerprint density at radius 1 is 1.28 bits per heavy atom. The third-order valence-corrected chi connectivity index (χ3v) is 2.41. The van der Waals surface area contributed by atoms with Crippen LogP contribution in [0.2, 0.25) is 0 Å². The Balaban J connectivity index is 2.35. The molecule has 0 saturated heterocycles. The number of nitrogens with two attached hydrogens (primary N) is 2. The molecule has 7 nitrogen and oxygen atoms in total. The highest BCUT2D eigenvalue weighted by atomic mass is 16.5. The summed E-state index contributed by atoms with van der Waals surface area (Å²) in [7, 11) is 1.58. The van der Waals surface area contributed by atoms with Crippen molar-refractivity contribution in [2.75, 3.05) is 18.6 Å². The first-order chi connectivity index (χ1) is 8.72. The van der Waals surface area contributed by atoms with Gasteiger partial charge in [0.2, 0.25) is 0 Å². The van der Waals surface area contributed by atoms with Gasteiger partial charge in [0.1, 0.15) is 0 Å². The molecule has 0 saturated carbocycles. The molecule has 0 bridgehead atoms. The van der Waals surface area contributed by atoms with E-state index in [0.717, 1.165) is 5.56 Å². The smallest absolute Gasteiger partial charge is 0.170 e. The van der Waals surface area contributed by atoms with Crippen molar-refractivity contribution in [1.82, 2.24) is 10.2 Å². The van der Waals surface area contributed by atoms with E-state index >= 15 is 0 Å². The molecule has 2 rings (SSSR count). The van der Waals surface area contributed by atoms with Gasteiger partial charge in [-0.25, -0.2) is 0 Å². The third kappa shape index (κ3) is 2.46. The maximum atomic E-state index is 5.89. The van der Waals surface area contributed by atoms with Crippen LogP contribution in [0.4, 0.5) is 22.9 Å². The van der Waals surface area contributed by atoms with Crippen LogP contribution in [-0.2, 0) is 11.3 Å². The topological polar surface area (TPSA) is 115 Å². The second kappa shape index (κ2) is 5.28. The Bertz CT molecular complexity index is 549. The second-order valence-electron chi connectivity index (χ2n) is 3.64. The minimum atomic E-state index is 0.328. The number of ether oxygens (including phenoxy) is 1. The summed E-state index contributed by atoms with van der Waals surface area (Å²) in [5, 5.41) is 14.6. The Kier molecular flexibility index (Phi) is 3.54. The van der Waals surface area contributed by atoms with Crippen molar-refractivity contribution in [2.45, 2.75) is 6.61 Å². The van der Waals surface area contributed by atoms with E-state index in [1.54, 1.807) is 31.5 Å². The molecule has 0 radical (unpaired) electrons. The molecule has 5 N–H and O–H groups in total. The summed E-state index contributed by atoms with van der Waals surface area (Å²) in [6, 6.07) is 5.15. The highest BCUT2D eigenvalue weighted by Gasteiger charge is 2.09. The van der Waals surface area contributed by atoms with Crippen molar-refractivity contribution in [1.29, 1.82) is 0 Å². The molecule has 1 aromatic heterocycles. The van der Waals surface area contributed by atoms with Gasteiger partial charge in [-0.3, -0.25) is 5.10 Å². The van der Waals surface area contributed by atoms with Gasteiger partial charge < -0.3 is 16.2 Å². The molecule has 0 fully saturated rings. The lowest BCUT2D eigenvalue weighted by Crippen LogP contribution is -2.01. The molecule has 18 heavy (non-hydrogen) atoms. The number of rotatable bonds is 4. The van der Waals surface area contributed by atoms with E-state index in [4.69, 9.17) is 16.2 Å². The van der Waals surface area contributed by atoms with Crippen LogP contribution in [0.15, 0.2) is 34.6 Å². The number of hydrogen-bond acceptors (Lipinski definition) is 6. The Morgan fingerprint density at radius 3 is 2.78 bits per heavy atom. The summed E-state index contributed by atoms with van der Waals surface area (Å²) in [5.74, 6) is 0.564. The van der Waals surface area contributed by atoms with E-state index in [-0.39, 0.29) is 0 Å². The van der Waals surface area contributed by atoms with Gasteiger partial charge in [-0.05, 0) is 12.1 Å². The predicted octanol–water partition coefficient (Wildman–Crippen LogP) is 2.14. The second-order valence-corrected chi connectivity index (χ2v) is 3.64. The van der Waals surface area contributed by atoms with Gasteiger partial charge in [-0.2, -0.15) is 5.10 Å². The van der Waals surface area contributed by atoms with Crippen LogP contribution in [0.1, 0.15) is 5.56 Å². The molecule has 94 valence electrons. The molecular weight excluding hydrogens is 232 g/mol. The van der Waals surface area contributed by atoms with Gasteiger partial charge in [-0.15, -0.1) is 10.2 Å². The third-order valence-electron chi connectivity index (χ3n) is 2.41. The molecule has 0 aliphatic rings. The van der Waals surface area contributed by atoms with Gasteiger partial charge in [0.05, 0.1) is 29.9 Å². The van der Waals surface area contributed by atoms with Gasteiger partial charge in [0.15, 0.2) is 5.82 Å². The maximum absolute atomic E-state index is 5.89. The fourth-order valence-electron chi connectivity index (χ4n) is 1.47. The first kappa shape index (κ1) is 12.1. The van der Waals surface area contributed by atoms with Gasteiger partial charge >= 0.3 is 0 Å². The van der Waals surface area contributed by atoms with Gasteiger partial charge in [0.25, 0.3) is 0 Å². The Morgan fingerprint density at radius 2 is 2.11 bits per heavy atom. The molecule has 2 aromatic rings. The van der Waals surface area contributed by atoms with Crippen LogP contribution in [0.5, 0.6) is 0 Å². The predicted molar refractivity (Wildman–Crippen MR) is 68.7 cm³/mol. The monoisotopic (exact) mass is 246 g/mol. The van der Waals surface area contributed by atoms with Crippen LogP contribution < -0.4 is 11.5 Å². The SMILES string of the molecule is COCc1c(N=Nc2ccn[nH]2)ccc(N)c1N. The molecule has 0 spiro atoms. The lowest BCUT2D eigenvalue weighted by Gasteiger charge is -2.09. The zero-order valence-electron chi connectivity index (χ0n) is 9.92. The van der Waals surface area contributed by atoms with E-state index in [0.29, 0.717) is 29.5 Å². The van der Waals surface area contributed by atoms with Crippen molar-refractivity contribution in [3.8, 4) is 0 Å². The van der Waals surface area contributed by atoms with Crippen LogP contribution in [0.25, 0.3) is 0 Å². The molecule has 0 amide bonds.